The smallest absolute Gasteiger partial charge is 0.240 e. The van der Waals surface area contributed by atoms with Crippen LogP contribution < -0.4 is 11.1 Å². The highest BCUT2D eigenvalue weighted by atomic mass is 32.2. The van der Waals surface area contributed by atoms with E-state index in [2.05, 4.69) is 10.3 Å². The summed E-state index contributed by atoms with van der Waals surface area (Å²) in [6.45, 7) is 3.99. The van der Waals surface area contributed by atoms with Crippen molar-refractivity contribution in [3.63, 3.8) is 0 Å². The Kier molecular flexibility index (Phi) is 4.85. The van der Waals surface area contributed by atoms with Gasteiger partial charge in [-0.25, -0.2) is 4.98 Å². The second-order valence-electron chi connectivity index (χ2n) is 4.95. The van der Waals surface area contributed by atoms with Gasteiger partial charge in [0.05, 0.1) is 16.8 Å². The fourth-order valence-corrected chi connectivity index (χ4v) is 2.72. The number of primary amides is 1. The number of aromatic nitrogens is 2. The van der Waals surface area contributed by atoms with Gasteiger partial charge < -0.3 is 15.6 Å². The van der Waals surface area contributed by atoms with E-state index < -0.39 is 5.91 Å². The number of para-hydroxylation sites is 2. The lowest BCUT2D eigenvalue weighted by molar-refractivity contribution is -0.122. The summed E-state index contributed by atoms with van der Waals surface area (Å²) in [7, 11) is 0. The van der Waals surface area contributed by atoms with Crippen molar-refractivity contribution in [1.29, 1.82) is 0 Å². The maximum absolute atomic E-state index is 12.0. The lowest BCUT2D eigenvalue weighted by atomic mass is 10.3. The minimum absolute atomic E-state index is 0.0778. The quantitative estimate of drug-likeness (QED) is 0.783. The van der Waals surface area contributed by atoms with Gasteiger partial charge in [0.15, 0.2) is 5.16 Å². The van der Waals surface area contributed by atoms with Gasteiger partial charge in [-0.1, -0.05) is 23.9 Å². The lowest BCUT2D eigenvalue weighted by Gasteiger charge is -2.11. The van der Waals surface area contributed by atoms with Crippen molar-refractivity contribution in [3.05, 3.63) is 24.3 Å². The average Bonchev–Trinajstić information content (AvgIpc) is 2.74. The monoisotopic (exact) mass is 306 g/mol. The van der Waals surface area contributed by atoms with Gasteiger partial charge in [0.2, 0.25) is 11.8 Å². The van der Waals surface area contributed by atoms with Crippen LogP contribution in [0.5, 0.6) is 0 Å². The number of thioether (sulfide) groups is 1. The molecule has 0 unspecified atom stereocenters. The minimum atomic E-state index is -0.412. The van der Waals surface area contributed by atoms with Gasteiger partial charge in [0, 0.05) is 6.04 Å². The molecule has 6 nitrogen and oxygen atoms in total. The Morgan fingerprint density at radius 3 is 2.76 bits per heavy atom. The van der Waals surface area contributed by atoms with Crippen molar-refractivity contribution in [2.45, 2.75) is 31.6 Å². The van der Waals surface area contributed by atoms with Crippen LogP contribution in [-0.2, 0) is 16.1 Å². The van der Waals surface area contributed by atoms with E-state index in [1.807, 2.05) is 38.1 Å². The number of carbonyl (C=O) groups excluding carboxylic acids is 2. The number of carbonyl (C=O) groups is 2. The molecule has 7 heteroatoms. The molecule has 1 aromatic heterocycles. The molecule has 0 aliphatic carbocycles. The van der Waals surface area contributed by atoms with Gasteiger partial charge in [0.1, 0.15) is 6.54 Å². The molecule has 1 heterocycles. The second-order valence-corrected chi connectivity index (χ2v) is 5.89. The number of nitrogens with one attached hydrogen (secondary N) is 1. The molecule has 0 atom stereocenters. The predicted molar refractivity (Wildman–Crippen MR) is 82.9 cm³/mol. The lowest BCUT2D eigenvalue weighted by Crippen LogP contribution is -2.33. The highest BCUT2D eigenvalue weighted by Gasteiger charge is 2.15. The first-order valence-corrected chi connectivity index (χ1v) is 7.61. The average molecular weight is 306 g/mol. The summed E-state index contributed by atoms with van der Waals surface area (Å²) in [5.74, 6) is -0.367. The van der Waals surface area contributed by atoms with Crippen LogP contribution in [0.3, 0.4) is 0 Å². The van der Waals surface area contributed by atoms with E-state index in [9.17, 15) is 9.59 Å². The molecule has 3 N–H and O–H groups in total. The Labute approximate surface area is 127 Å². The molecule has 0 aliphatic heterocycles. The first kappa shape index (κ1) is 15.4. The standard InChI is InChI=1S/C14H18N4O2S/c1-9(2)16-13(20)7-18-11-6-4-3-5-10(11)17-14(18)21-8-12(15)19/h3-6,9H,7-8H2,1-2H3,(H2,15,19)(H,16,20). The number of rotatable bonds is 6. The maximum Gasteiger partial charge on any atom is 0.240 e. The Morgan fingerprint density at radius 2 is 2.10 bits per heavy atom. The number of nitrogens with zero attached hydrogens (tertiary/aromatic N) is 2. The SMILES string of the molecule is CC(C)NC(=O)Cn1c(SCC(N)=O)nc2ccccc21. The third kappa shape index (κ3) is 3.98. The molecule has 0 saturated carbocycles. The first-order chi connectivity index (χ1) is 9.97. The molecule has 21 heavy (non-hydrogen) atoms. The number of benzene rings is 1. The van der Waals surface area contributed by atoms with Crippen LogP contribution in [0.4, 0.5) is 0 Å². The zero-order valence-corrected chi connectivity index (χ0v) is 12.8. The molecule has 1 aromatic carbocycles. The van der Waals surface area contributed by atoms with Gasteiger partial charge in [0.25, 0.3) is 0 Å². The summed E-state index contributed by atoms with van der Waals surface area (Å²) >= 11 is 1.24. The second kappa shape index (κ2) is 6.62. The molecule has 2 rings (SSSR count). The molecular formula is C14H18N4O2S. The van der Waals surface area contributed by atoms with Crippen molar-refractivity contribution in [2.75, 3.05) is 5.75 Å². The number of imidazole rings is 1. The molecule has 0 spiro atoms. The Balaban J connectivity index is 2.31. The van der Waals surface area contributed by atoms with E-state index in [4.69, 9.17) is 5.73 Å². The molecule has 0 bridgehead atoms. The van der Waals surface area contributed by atoms with Gasteiger partial charge in [-0.2, -0.15) is 0 Å². The zero-order valence-electron chi connectivity index (χ0n) is 12.0. The Bertz CT molecular complexity index is 666. The van der Waals surface area contributed by atoms with Crippen LogP contribution in [0, 0.1) is 0 Å². The van der Waals surface area contributed by atoms with Crippen LogP contribution in [0.2, 0.25) is 0 Å². The highest BCUT2D eigenvalue weighted by molar-refractivity contribution is 7.99. The number of hydrogen-bond acceptors (Lipinski definition) is 4. The fraction of sp³-hybridized carbons (Fsp3) is 0.357. The molecule has 112 valence electrons. The van der Waals surface area contributed by atoms with E-state index in [0.717, 1.165) is 11.0 Å². The number of nitrogens with two attached hydrogens (primary N) is 1. The van der Waals surface area contributed by atoms with Crippen molar-refractivity contribution >= 4 is 34.6 Å². The van der Waals surface area contributed by atoms with Gasteiger partial charge in [-0.3, -0.25) is 9.59 Å². The highest BCUT2D eigenvalue weighted by Crippen LogP contribution is 2.23. The summed E-state index contributed by atoms with van der Waals surface area (Å²) in [6, 6.07) is 7.63. The summed E-state index contributed by atoms with van der Waals surface area (Å²) in [4.78, 5) is 27.4. The third-order valence-electron chi connectivity index (χ3n) is 2.71. The molecule has 0 aliphatic rings. The van der Waals surface area contributed by atoms with Gasteiger partial charge in [-0.15, -0.1) is 0 Å². The van der Waals surface area contributed by atoms with Crippen molar-refractivity contribution < 1.29 is 9.59 Å². The summed E-state index contributed by atoms with van der Waals surface area (Å²) in [5, 5.41) is 3.47. The topological polar surface area (TPSA) is 90.0 Å². The van der Waals surface area contributed by atoms with Crippen molar-refractivity contribution in [3.8, 4) is 0 Å². The van der Waals surface area contributed by atoms with E-state index in [-0.39, 0.29) is 24.2 Å². The third-order valence-corrected chi connectivity index (χ3v) is 3.71. The molecule has 0 fully saturated rings. The summed E-state index contributed by atoms with van der Waals surface area (Å²) in [6.07, 6.45) is 0. The van der Waals surface area contributed by atoms with Crippen LogP contribution in [0.15, 0.2) is 29.4 Å². The van der Waals surface area contributed by atoms with E-state index in [1.54, 1.807) is 4.57 Å². The summed E-state index contributed by atoms with van der Waals surface area (Å²) in [5.41, 5.74) is 6.83. The Hall–Kier alpha value is -2.02. The molecule has 0 saturated heterocycles. The number of fused-ring (bicyclic) bond motifs is 1. The molecule has 0 radical (unpaired) electrons. The van der Waals surface area contributed by atoms with E-state index >= 15 is 0 Å². The van der Waals surface area contributed by atoms with Crippen molar-refractivity contribution in [1.82, 2.24) is 14.9 Å². The largest absolute Gasteiger partial charge is 0.369 e. The molecule has 2 amide bonds. The van der Waals surface area contributed by atoms with Crippen LogP contribution in [0.25, 0.3) is 11.0 Å². The number of amides is 2. The zero-order chi connectivity index (χ0) is 15.4. The minimum Gasteiger partial charge on any atom is -0.369 e. The normalized spacial score (nSPS) is 11.0. The van der Waals surface area contributed by atoms with Gasteiger partial charge >= 0.3 is 0 Å². The van der Waals surface area contributed by atoms with E-state index in [0.29, 0.717) is 5.16 Å². The van der Waals surface area contributed by atoms with Crippen LogP contribution in [-0.4, -0.2) is 33.2 Å². The predicted octanol–water partition coefficient (Wildman–Crippen LogP) is 1.14. The van der Waals surface area contributed by atoms with Crippen molar-refractivity contribution in [2.24, 2.45) is 5.73 Å². The maximum atomic E-state index is 12.0. The van der Waals surface area contributed by atoms with Crippen LogP contribution in [0.1, 0.15) is 13.8 Å². The molecule has 2 aromatic rings. The molecular weight excluding hydrogens is 288 g/mol. The van der Waals surface area contributed by atoms with Crippen LogP contribution >= 0.6 is 11.8 Å². The van der Waals surface area contributed by atoms with E-state index in [1.165, 1.54) is 11.8 Å². The number of hydrogen-bond donors (Lipinski definition) is 2. The summed E-state index contributed by atoms with van der Waals surface area (Å²) < 4.78 is 1.81. The first-order valence-electron chi connectivity index (χ1n) is 6.63. The fourth-order valence-electron chi connectivity index (χ4n) is 1.96. The Morgan fingerprint density at radius 1 is 1.38 bits per heavy atom. The van der Waals surface area contributed by atoms with Gasteiger partial charge in [-0.05, 0) is 26.0 Å².